The monoisotopic (exact) mass is 333 g/mol. The van der Waals surface area contributed by atoms with Crippen molar-refractivity contribution >= 4 is 27.4 Å². The first-order valence-electron chi connectivity index (χ1n) is 6.95. The van der Waals surface area contributed by atoms with Crippen LogP contribution in [0.15, 0.2) is 17.2 Å². The van der Waals surface area contributed by atoms with Gasteiger partial charge >= 0.3 is 0 Å². The molecule has 0 radical (unpaired) electrons. The lowest BCUT2D eigenvalue weighted by Crippen LogP contribution is -2.41. The molecule has 0 aromatic carbocycles. The predicted octanol–water partition coefficient (Wildman–Crippen LogP) is 2.01. The Bertz CT molecular complexity index is 594. The Morgan fingerprint density at radius 3 is 2.90 bits per heavy atom. The van der Waals surface area contributed by atoms with Gasteiger partial charge in [-0.05, 0) is 32.8 Å². The second-order valence-corrected chi connectivity index (χ2v) is 7.18. The van der Waals surface area contributed by atoms with Crippen molar-refractivity contribution in [2.24, 2.45) is 0 Å². The number of nitrogens with zero attached hydrogens (tertiary/aromatic N) is 1. The molecule has 1 aliphatic heterocycles. The molecule has 0 saturated carbocycles. The lowest BCUT2D eigenvalue weighted by molar-refractivity contribution is 0.0173. The number of pyridine rings is 1. The van der Waals surface area contributed by atoms with Gasteiger partial charge in [-0.15, -0.1) is 0 Å². The number of halogens is 1. The van der Waals surface area contributed by atoms with Crippen LogP contribution < -0.4 is 10.0 Å². The first kappa shape index (κ1) is 16.5. The Kier molecular flexibility index (Phi) is 5.43. The van der Waals surface area contributed by atoms with Gasteiger partial charge in [-0.25, -0.2) is 18.1 Å². The maximum Gasteiger partial charge on any atom is 0.242 e. The summed E-state index contributed by atoms with van der Waals surface area (Å²) in [4.78, 5) is 4.13. The van der Waals surface area contributed by atoms with Crippen LogP contribution in [-0.2, 0) is 14.8 Å². The van der Waals surface area contributed by atoms with Crippen molar-refractivity contribution in [2.75, 3.05) is 18.5 Å². The number of hydrogen-bond acceptors (Lipinski definition) is 5. The van der Waals surface area contributed by atoms with Gasteiger partial charge in [0.15, 0.2) is 0 Å². The number of anilines is 1. The van der Waals surface area contributed by atoms with Crippen LogP contribution in [0, 0.1) is 0 Å². The number of rotatable bonds is 5. The lowest BCUT2D eigenvalue weighted by atomic mass is 10.1. The minimum Gasteiger partial charge on any atom is -0.378 e. The van der Waals surface area contributed by atoms with Crippen molar-refractivity contribution in [3.05, 3.63) is 17.3 Å². The fourth-order valence-corrected chi connectivity index (χ4v) is 3.81. The van der Waals surface area contributed by atoms with E-state index in [-0.39, 0.29) is 17.0 Å². The number of hydrogen-bond donors (Lipinski definition) is 2. The minimum atomic E-state index is -3.62. The normalized spacial score (nSPS) is 23.0. The zero-order chi connectivity index (χ0) is 15.5. The quantitative estimate of drug-likeness (QED) is 0.861. The molecule has 2 atom stereocenters. The fourth-order valence-electron chi connectivity index (χ4n) is 2.26. The first-order valence-corrected chi connectivity index (χ1v) is 8.82. The fraction of sp³-hybridized carbons (Fsp3) is 0.615. The van der Waals surface area contributed by atoms with E-state index in [0.717, 1.165) is 0 Å². The molecule has 2 heterocycles. The van der Waals surface area contributed by atoms with Crippen molar-refractivity contribution < 1.29 is 13.2 Å². The molecule has 21 heavy (non-hydrogen) atoms. The Morgan fingerprint density at radius 1 is 1.52 bits per heavy atom. The van der Waals surface area contributed by atoms with Gasteiger partial charge in [-0.1, -0.05) is 11.6 Å². The minimum absolute atomic E-state index is 0.0595. The van der Waals surface area contributed by atoms with E-state index in [4.69, 9.17) is 16.3 Å². The third-order valence-corrected chi connectivity index (χ3v) is 5.05. The average Bonchev–Trinajstić information content (AvgIpc) is 2.40. The summed E-state index contributed by atoms with van der Waals surface area (Å²) >= 11 is 6.04. The first-order chi connectivity index (χ1) is 9.92. The van der Waals surface area contributed by atoms with Gasteiger partial charge < -0.3 is 10.1 Å². The van der Waals surface area contributed by atoms with Gasteiger partial charge in [0.25, 0.3) is 0 Å². The Hall–Kier alpha value is -0.890. The average molecular weight is 334 g/mol. The van der Waals surface area contributed by atoms with Crippen LogP contribution in [0.4, 0.5) is 5.82 Å². The molecule has 1 saturated heterocycles. The van der Waals surface area contributed by atoms with Gasteiger partial charge in [-0.3, -0.25) is 0 Å². The number of ether oxygens (including phenoxy) is 1. The third-order valence-electron chi connectivity index (χ3n) is 3.28. The summed E-state index contributed by atoms with van der Waals surface area (Å²) in [5.41, 5.74) is 0. The molecule has 0 amide bonds. The predicted molar refractivity (Wildman–Crippen MR) is 82.2 cm³/mol. The Morgan fingerprint density at radius 2 is 2.29 bits per heavy atom. The summed E-state index contributed by atoms with van der Waals surface area (Å²) in [5.74, 6) is 0.484. The molecule has 2 unspecified atom stereocenters. The second kappa shape index (κ2) is 6.91. The molecular weight excluding hydrogens is 314 g/mol. The van der Waals surface area contributed by atoms with E-state index in [0.29, 0.717) is 36.8 Å². The summed E-state index contributed by atoms with van der Waals surface area (Å²) < 4.78 is 32.8. The van der Waals surface area contributed by atoms with E-state index >= 15 is 0 Å². The van der Waals surface area contributed by atoms with Gasteiger partial charge in [0.05, 0.1) is 11.1 Å². The molecule has 0 spiro atoms. The summed E-state index contributed by atoms with van der Waals surface area (Å²) in [6.45, 7) is 5.07. The van der Waals surface area contributed by atoms with Crippen molar-refractivity contribution in [3.63, 3.8) is 0 Å². The summed E-state index contributed by atoms with van der Waals surface area (Å²) in [6, 6.07) is 1.29. The van der Waals surface area contributed by atoms with Gasteiger partial charge in [0.1, 0.15) is 10.7 Å². The van der Waals surface area contributed by atoms with Crippen LogP contribution in [0.1, 0.15) is 26.7 Å². The molecule has 8 heteroatoms. The third kappa shape index (κ3) is 4.29. The topological polar surface area (TPSA) is 80.3 Å². The van der Waals surface area contributed by atoms with Crippen molar-refractivity contribution in [3.8, 4) is 0 Å². The van der Waals surface area contributed by atoms with Crippen LogP contribution >= 0.6 is 11.6 Å². The summed E-state index contributed by atoms with van der Waals surface area (Å²) in [7, 11) is -3.62. The zero-order valence-electron chi connectivity index (χ0n) is 12.1. The molecule has 1 fully saturated rings. The number of sulfonamides is 1. The zero-order valence-corrected chi connectivity index (χ0v) is 13.7. The van der Waals surface area contributed by atoms with E-state index < -0.39 is 10.0 Å². The van der Waals surface area contributed by atoms with E-state index in [9.17, 15) is 8.42 Å². The molecule has 1 aromatic heterocycles. The highest BCUT2D eigenvalue weighted by molar-refractivity contribution is 7.89. The van der Waals surface area contributed by atoms with Gasteiger partial charge in [-0.2, -0.15) is 0 Å². The highest BCUT2D eigenvalue weighted by Crippen LogP contribution is 2.23. The highest BCUT2D eigenvalue weighted by Gasteiger charge is 2.25. The van der Waals surface area contributed by atoms with Crippen LogP contribution in [0.3, 0.4) is 0 Å². The van der Waals surface area contributed by atoms with E-state index in [2.05, 4.69) is 15.0 Å². The van der Waals surface area contributed by atoms with E-state index in [1.165, 1.54) is 12.3 Å². The summed E-state index contributed by atoms with van der Waals surface area (Å²) in [6.07, 6.45) is 2.70. The number of nitrogens with one attached hydrogen (secondary N) is 2. The molecule has 6 nitrogen and oxygen atoms in total. The van der Waals surface area contributed by atoms with Crippen LogP contribution in [0.2, 0.25) is 5.02 Å². The maximum absolute atomic E-state index is 12.4. The molecule has 2 rings (SSSR count). The maximum atomic E-state index is 12.4. The molecule has 0 aliphatic carbocycles. The molecule has 1 aromatic rings. The molecule has 0 bridgehead atoms. The van der Waals surface area contributed by atoms with Crippen LogP contribution in [0.5, 0.6) is 0 Å². The van der Waals surface area contributed by atoms with E-state index in [1.54, 1.807) is 0 Å². The number of aromatic nitrogens is 1. The van der Waals surface area contributed by atoms with E-state index in [1.807, 2.05) is 13.8 Å². The van der Waals surface area contributed by atoms with Gasteiger partial charge in [0, 0.05) is 25.4 Å². The van der Waals surface area contributed by atoms with Gasteiger partial charge in [0.2, 0.25) is 10.0 Å². The standard InChI is InChI=1S/C13H20ClN3O3S/c1-3-15-13-12(14)7-11(8-16-13)21(18,19)17-10-4-5-20-9(2)6-10/h7-10,17H,3-6H2,1-2H3,(H,15,16). The molecule has 118 valence electrons. The smallest absolute Gasteiger partial charge is 0.242 e. The largest absolute Gasteiger partial charge is 0.378 e. The molecular formula is C13H20ClN3O3S. The lowest BCUT2D eigenvalue weighted by Gasteiger charge is -2.27. The van der Waals surface area contributed by atoms with Crippen LogP contribution in [-0.4, -0.2) is 38.7 Å². The SMILES string of the molecule is CCNc1ncc(S(=O)(=O)NC2CCOC(C)C2)cc1Cl. The van der Waals surface area contributed by atoms with Crippen molar-refractivity contribution in [2.45, 2.75) is 43.7 Å². The van der Waals surface area contributed by atoms with Crippen LogP contribution in [0.25, 0.3) is 0 Å². The Labute approximate surface area is 130 Å². The second-order valence-electron chi connectivity index (χ2n) is 5.06. The Balaban J connectivity index is 2.13. The molecule has 2 N–H and O–H groups in total. The van der Waals surface area contributed by atoms with Crippen molar-refractivity contribution in [1.82, 2.24) is 9.71 Å². The highest BCUT2D eigenvalue weighted by atomic mass is 35.5. The van der Waals surface area contributed by atoms with Crippen molar-refractivity contribution in [1.29, 1.82) is 0 Å². The molecule has 1 aliphatic rings. The summed E-state index contributed by atoms with van der Waals surface area (Å²) in [5, 5.41) is 3.26.